The van der Waals surface area contributed by atoms with Crippen LogP contribution in [0.2, 0.25) is 0 Å². The van der Waals surface area contributed by atoms with Crippen LogP contribution in [0.15, 0.2) is 364 Å². The molecule has 26 nitrogen and oxygen atoms in total. The molecule has 1 saturated carbocycles. The van der Waals surface area contributed by atoms with Crippen molar-refractivity contribution < 1.29 is 114 Å². The number of phosphoric ester groups is 5. The first-order valence-corrected chi connectivity index (χ1v) is 50.4. The van der Waals surface area contributed by atoms with Gasteiger partial charge in [-0.15, -0.1) is 0 Å². The lowest BCUT2D eigenvalue weighted by atomic mass is 9.85. The average Bonchev–Trinajstić information content (AvgIpc) is 0.734. The van der Waals surface area contributed by atoms with E-state index in [2.05, 4.69) is 5.32 Å². The van der Waals surface area contributed by atoms with E-state index < -0.39 is 157 Å². The minimum Gasteiger partial charge on any atom is -0.445 e. The van der Waals surface area contributed by atoms with Gasteiger partial charge in [0.25, 0.3) is 0 Å². The Morgan fingerprint density at radius 3 is 0.628 bits per heavy atom. The number of rotatable bonds is 55. The molecular weight excluding hydrogens is 1760 g/mol. The second-order valence-corrected chi connectivity index (χ2v) is 38.7. The molecular formula is C97H103NO25P6. The molecule has 0 aliphatic heterocycles. The molecule has 12 aromatic rings. The van der Waals surface area contributed by atoms with Gasteiger partial charge in [0.15, 0.2) is 0 Å². The largest absolute Gasteiger partial charge is 0.475 e. The molecule has 129 heavy (non-hydrogen) atoms. The van der Waals surface area contributed by atoms with Gasteiger partial charge in [0.1, 0.15) is 43.2 Å². The number of carbonyl (C=O) groups excluding carboxylic acids is 1. The minimum atomic E-state index is -5.57. The molecule has 0 spiro atoms. The number of hydrogen-bond donors (Lipinski definition) is 1. The first kappa shape index (κ1) is 97.3. The van der Waals surface area contributed by atoms with Crippen molar-refractivity contribution in [3.63, 3.8) is 0 Å². The summed E-state index contributed by atoms with van der Waals surface area (Å²) in [4.78, 5) is 12.9. The number of unbranched alkanes of at least 4 members (excludes halogenated alkanes) is 3. The number of hydrogen-bond acceptors (Lipinski definition) is 25. The normalized spacial score (nSPS) is 16.4. The van der Waals surface area contributed by atoms with E-state index >= 15 is 22.8 Å². The van der Waals surface area contributed by atoms with Crippen molar-refractivity contribution in [2.75, 3.05) is 13.2 Å². The van der Waals surface area contributed by atoms with E-state index in [9.17, 15) is 4.79 Å². The highest BCUT2D eigenvalue weighted by atomic mass is 31.2. The first-order valence-electron chi connectivity index (χ1n) is 42.0. The lowest BCUT2D eigenvalue weighted by molar-refractivity contribution is -0.207. The third-order valence-corrected chi connectivity index (χ3v) is 27.8. The molecule has 0 radical (unpaired) electrons. The zero-order chi connectivity index (χ0) is 89.3. The van der Waals surface area contributed by atoms with Gasteiger partial charge in [-0.25, -0.2) is 27.6 Å². The van der Waals surface area contributed by atoms with Crippen LogP contribution in [0.1, 0.15) is 92.4 Å². The maximum Gasteiger partial charge on any atom is 0.475 e. The van der Waals surface area contributed by atoms with Crippen molar-refractivity contribution in [3.05, 3.63) is 431 Å². The minimum absolute atomic E-state index is 0.0845. The van der Waals surface area contributed by atoms with Gasteiger partial charge in [-0.1, -0.05) is 377 Å². The molecule has 1 fully saturated rings. The Kier molecular flexibility index (Phi) is 38.9. The molecule has 1 aliphatic rings. The Bertz CT molecular complexity index is 5010. The van der Waals surface area contributed by atoms with Gasteiger partial charge in [0.2, 0.25) is 0 Å². The Hall–Kier alpha value is -9.23. The molecule has 0 saturated heterocycles. The fourth-order valence-corrected chi connectivity index (χ4v) is 20.9. The number of ether oxygens (including phenoxy) is 1. The highest BCUT2D eigenvalue weighted by Gasteiger charge is 2.65. The average molecular weight is 1870 g/mol. The molecule has 1 N–H and O–H groups in total. The zero-order valence-electron chi connectivity index (χ0n) is 70.7. The summed E-state index contributed by atoms with van der Waals surface area (Å²) in [7, 11) is -30.8. The second kappa shape index (κ2) is 51.5. The van der Waals surface area contributed by atoms with Gasteiger partial charge < -0.3 is 23.6 Å². The van der Waals surface area contributed by atoms with Crippen molar-refractivity contribution in [2.45, 2.75) is 142 Å². The quantitative estimate of drug-likeness (QED) is 0.0274. The summed E-state index contributed by atoms with van der Waals surface area (Å²) >= 11 is 0. The third kappa shape index (κ3) is 33.2. The molecule has 676 valence electrons. The maximum atomic E-state index is 17.3. The summed E-state index contributed by atoms with van der Waals surface area (Å²) in [6, 6.07) is 105. The fraction of sp³-hybridized carbons (Fsp3) is 0.247. The van der Waals surface area contributed by atoms with E-state index in [-0.39, 0.29) is 26.4 Å². The van der Waals surface area contributed by atoms with Crippen molar-refractivity contribution in [1.29, 1.82) is 0 Å². The molecule has 7 atom stereocenters. The topological polar surface area (TPSA) is 290 Å². The van der Waals surface area contributed by atoms with Crippen LogP contribution in [0.5, 0.6) is 0 Å². The lowest BCUT2D eigenvalue weighted by Gasteiger charge is -2.50. The first-order chi connectivity index (χ1) is 63.1. The summed E-state index contributed by atoms with van der Waals surface area (Å²) in [5.41, 5.74) is 5.98. The standard InChI is InChI=1S/C97H103NO25P6/c99-97(105-67-79-41-15-3-16-42-79)98-65-39-1-2-40-66-106-124(107-68-80-43-17-4-18-44-80)118-91-92(119-125(100,108-69-81-45-19-5-20-46-81)109-70-82-47-21-6-22-48-82)94(121-127(102,112-73-85-53-27-9-28-54-85)113-74-86-55-29-10-30-56-86)96(123-129(104,116-77-89-61-35-13-36-62-89)117-78-90-63-37-14-38-64-90)95(122-128(103,114-75-87-57-31-11-32-58-87)115-76-88-59-33-12-34-60-88)93(91)120-126(101,110-71-83-49-23-7-24-50-83)111-72-84-51-25-8-26-52-84/h3-38,41-64,91-96H,1-2,39-40,65-78H2,(H,98,99)/t91?,92-,93-,94-,95+,96?,124?/m0/s1. The number of phosphoric acid groups is 5. The zero-order valence-corrected chi connectivity index (χ0v) is 76.1. The van der Waals surface area contributed by atoms with Crippen LogP contribution in [-0.4, -0.2) is 55.9 Å². The summed E-state index contributed by atoms with van der Waals surface area (Å²) in [5, 5.41) is 2.82. The number of nitrogens with one attached hydrogen (secondary N) is 1. The Morgan fingerprint density at radius 2 is 0.411 bits per heavy atom. The number of carbonyl (C=O) groups is 1. The van der Waals surface area contributed by atoms with E-state index in [1.807, 2.05) is 36.4 Å². The number of alkyl carbamates (subject to hydrolysis) is 1. The van der Waals surface area contributed by atoms with Crippen LogP contribution in [0.4, 0.5) is 4.79 Å². The summed E-state index contributed by atoms with van der Waals surface area (Å²) in [5.74, 6) is 0. The van der Waals surface area contributed by atoms with E-state index in [4.69, 9.17) is 86.2 Å². The van der Waals surface area contributed by atoms with Crippen LogP contribution in [0.25, 0.3) is 0 Å². The lowest BCUT2D eigenvalue weighted by Crippen LogP contribution is -2.66. The van der Waals surface area contributed by atoms with Crippen LogP contribution in [-0.2, 0) is 188 Å². The van der Waals surface area contributed by atoms with E-state index in [0.717, 1.165) is 5.56 Å². The smallest absolute Gasteiger partial charge is 0.445 e. The van der Waals surface area contributed by atoms with Gasteiger partial charge >= 0.3 is 53.8 Å². The highest BCUT2D eigenvalue weighted by molar-refractivity contribution is 7.50. The monoisotopic (exact) mass is 1870 g/mol. The predicted octanol–water partition coefficient (Wildman–Crippen LogP) is 25.0. The summed E-state index contributed by atoms with van der Waals surface area (Å²) < 4.78 is 216. The summed E-state index contributed by atoms with van der Waals surface area (Å²) in [6.45, 7) is -5.12. The Balaban J connectivity index is 1.05. The third-order valence-electron chi connectivity index (χ3n) is 19.7. The van der Waals surface area contributed by atoms with E-state index in [0.29, 0.717) is 86.9 Å². The molecule has 0 aromatic heterocycles. The van der Waals surface area contributed by atoms with Crippen molar-refractivity contribution in [3.8, 4) is 0 Å². The van der Waals surface area contributed by atoms with Crippen LogP contribution in [0, 0.1) is 0 Å². The molecule has 1 aliphatic carbocycles. The Morgan fingerprint density at radius 1 is 0.225 bits per heavy atom. The van der Waals surface area contributed by atoms with Gasteiger partial charge in [0, 0.05) is 6.54 Å². The SMILES string of the molecule is O=C(NCCCCCCOP(OCc1ccccc1)OC1[C@H](OP(=O)(OCc2ccccc2)OCc2ccccc2)[C@H](OP(=O)(OCc2ccccc2)OCc2ccccc2)C(OP(=O)(OCc2ccccc2)OCc2ccccc2)[C@H](OP(=O)(OCc2ccccc2)OCc2ccccc2)[C@H]1OP(=O)(OCc1ccccc1)OCc1ccccc1)OCc1ccccc1. The van der Waals surface area contributed by atoms with Crippen LogP contribution in [0.3, 0.4) is 0 Å². The van der Waals surface area contributed by atoms with E-state index in [1.54, 1.807) is 328 Å². The molecule has 0 bridgehead atoms. The molecule has 13 rings (SSSR count). The highest BCUT2D eigenvalue weighted by Crippen LogP contribution is 2.66. The van der Waals surface area contributed by atoms with Gasteiger partial charge in [-0.05, 0) is 79.6 Å². The van der Waals surface area contributed by atoms with Gasteiger partial charge in [0.05, 0.1) is 79.3 Å². The van der Waals surface area contributed by atoms with Crippen LogP contribution < -0.4 is 5.32 Å². The van der Waals surface area contributed by atoms with E-state index in [1.165, 1.54) is 0 Å². The molecule has 32 heteroatoms. The summed E-state index contributed by atoms with van der Waals surface area (Å²) in [6.07, 6.45) is -13.6. The van der Waals surface area contributed by atoms with Crippen LogP contribution >= 0.6 is 47.7 Å². The molecule has 0 heterocycles. The fourth-order valence-electron chi connectivity index (χ4n) is 12.9. The molecule has 1 amide bonds. The number of amides is 1. The predicted molar refractivity (Wildman–Crippen MR) is 487 cm³/mol. The van der Waals surface area contributed by atoms with Gasteiger partial charge in [-0.3, -0.25) is 67.9 Å². The second-order valence-electron chi connectivity index (χ2n) is 29.5. The van der Waals surface area contributed by atoms with Crippen molar-refractivity contribution in [2.24, 2.45) is 0 Å². The molecule has 12 aromatic carbocycles. The van der Waals surface area contributed by atoms with Crippen molar-refractivity contribution >= 4 is 53.8 Å². The number of benzene rings is 12. The Labute approximate surface area is 754 Å². The maximum absolute atomic E-state index is 17.3. The van der Waals surface area contributed by atoms with Crippen molar-refractivity contribution in [1.82, 2.24) is 5.32 Å². The molecule has 3 unspecified atom stereocenters. The van der Waals surface area contributed by atoms with Gasteiger partial charge in [-0.2, -0.15) is 0 Å².